The minimum absolute atomic E-state index is 0.0166. The topological polar surface area (TPSA) is 135 Å². The molecule has 0 unspecified atom stereocenters. The van der Waals surface area contributed by atoms with E-state index >= 15 is 14.4 Å². The van der Waals surface area contributed by atoms with Crippen molar-refractivity contribution in [2.75, 3.05) is 5.32 Å². The highest BCUT2D eigenvalue weighted by atomic mass is 35.5. The first-order chi connectivity index (χ1) is 41.2. The molecular weight excluding hydrogens is 1100 g/mol. The van der Waals surface area contributed by atoms with E-state index in [9.17, 15) is 0 Å². The van der Waals surface area contributed by atoms with Gasteiger partial charge in [-0.3, -0.25) is 14.5 Å². The molecule has 10 aromatic rings. The van der Waals surface area contributed by atoms with Crippen LogP contribution in [0.15, 0.2) is 271 Å². The molecule has 14 heteroatoms. The molecule has 2 atom stereocenters. The highest BCUT2D eigenvalue weighted by Gasteiger charge is 2.54. The number of hydrogen-bond donors (Lipinski definition) is 2. The third kappa shape index (κ3) is 10.8. The molecule has 414 valence electrons. The van der Waals surface area contributed by atoms with E-state index in [2.05, 4.69) is 52.0 Å². The lowest BCUT2D eigenvalue weighted by atomic mass is 9.77. The van der Waals surface area contributed by atoms with Crippen LogP contribution in [0, 0.1) is 6.92 Å². The number of rotatable bonds is 19. The molecule has 0 saturated carbocycles. The number of hydrogen-bond acceptors (Lipinski definition) is 11. The number of nitrogens with zero attached hydrogens (tertiary/aromatic N) is 4. The number of oxime groups is 1. The SMILES string of the molecule is Cc1ncsc1/C=C\C1=C(C(=O)OC(c2ccccc2)c2ccccc2)N2C(=O)[C@@H](NC(=O)/C(=N\OC(c3ccccc3)(c3ccccc3)c3ccccc3)c3nc(NC(c4ccccc4)(c4ccccc4)c4ccccc4)sc3Cl)[C@H]2CC1. The van der Waals surface area contributed by atoms with Crippen LogP contribution in [0.1, 0.15) is 79.7 Å². The Hall–Kier alpha value is -9.53. The zero-order valence-corrected chi connectivity index (χ0v) is 47.9. The molecular formula is C70H55ClN6O5S2. The normalized spacial score (nSPS) is 15.3. The zero-order chi connectivity index (χ0) is 57.5. The minimum Gasteiger partial charge on any atom is -0.448 e. The van der Waals surface area contributed by atoms with Crippen LogP contribution in [-0.2, 0) is 35.1 Å². The first-order valence-electron chi connectivity index (χ1n) is 27.5. The Morgan fingerprint density at radius 3 is 1.56 bits per heavy atom. The summed E-state index contributed by atoms with van der Waals surface area (Å²) in [5, 5.41) is 12.1. The number of ether oxygens (including phenoxy) is 1. The largest absolute Gasteiger partial charge is 0.448 e. The second-order valence-electron chi connectivity index (χ2n) is 20.3. The second kappa shape index (κ2) is 24.5. The molecule has 84 heavy (non-hydrogen) atoms. The summed E-state index contributed by atoms with van der Waals surface area (Å²) in [6.45, 7) is 1.92. The summed E-state index contributed by atoms with van der Waals surface area (Å²) in [6, 6.07) is 76.5. The molecule has 8 aromatic carbocycles. The van der Waals surface area contributed by atoms with Gasteiger partial charge < -0.3 is 20.2 Å². The van der Waals surface area contributed by atoms with Crippen LogP contribution < -0.4 is 10.6 Å². The van der Waals surface area contributed by atoms with Crippen molar-refractivity contribution in [1.29, 1.82) is 0 Å². The third-order valence-corrected chi connectivity index (χ3v) is 17.4. The Bertz CT molecular complexity index is 3790. The number of aryl methyl sites for hydroxylation is 1. The number of esters is 1. The van der Waals surface area contributed by atoms with Crippen LogP contribution in [-0.4, -0.2) is 50.4 Å². The molecule has 0 aliphatic carbocycles. The maximum absolute atomic E-state index is 15.7. The number of β-lactam (4-membered cyclic amide) rings is 1. The van der Waals surface area contributed by atoms with Crippen molar-refractivity contribution in [2.45, 2.75) is 49.1 Å². The van der Waals surface area contributed by atoms with Crippen molar-refractivity contribution < 1.29 is 24.0 Å². The Morgan fingerprint density at radius 1 is 0.655 bits per heavy atom. The number of aromatic nitrogens is 2. The number of amides is 2. The van der Waals surface area contributed by atoms with Gasteiger partial charge in [0.15, 0.2) is 16.9 Å². The van der Waals surface area contributed by atoms with Gasteiger partial charge in [-0.2, -0.15) is 0 Å². The summed E-state index contributed by atoms with van der Waals surface area (Å²) in [4.78, 5) is 64.8. The summed E-state index contributed by atoms with van der Waals surface area (Å²) in [6.07, 6.45) is 3.79. The molecule has 2 aliphatic heterocycles. The lowest BCUT2D eigenvalue weighted by molar-refractivity contribution is -0.158. The van der Waals surface area contributed by atoms with Crippen molar-refractivity contribution in [1.82, 2.24) is 20.2 Å². The Labute approximate surface area is 500 Å². The molecule has 2 aliphatic rings. The molecule has 2 amide bonds. The van der Waals surface area contributed by atoms with E-state index in [0.29, 0.717) is 23.5 Å². The summed E-state index contributed by atoms with van der Waals surface area (Å²) in [5.41, 5.74) is 7.11. The Kier molecular flexibility index (Phi) is 16.1. The van der Waals surface area contributed by atoms with Crippen molar-refractivity contribution in [3.8, 4) is 0 Å². The number of nitrogens with one attached hydrogen (secondary N) is 2. The minimum atomic E-state index is -1.42. The molecule has 11 nitrogen and oxygen atoms in total. The lowest BCUT2D eigenvalue weighted by Gasteiger charge is -2.50. The van der Waals surface area contributed by atoms with E-state index in [1.54, 1.807) is 5.51 Å². The number of thiazole rings is 2. The van der Waals surface area contributed by atoms with E-state index < -0.39 is 47.1 Å². The van der Waals surface area contributed by atoms with Crippen LogP contribution in [0.3, 0.4) is 0 Å². The van der Waals surface area contributed by atoms with Crippen LogP contribution in [0.25, 0.3) is 6.08 Å². The average Bonchev–Trinajstić information content (AvgIpc) is 1.77. The van der Waals surface area contributed by atoms with Gasteiger partial charge in [0.2, 0.25) is 5.60 Å². The number of carbonyl (C=O) groups is 3. The van der Waals surface area contributed by atoms with Gasteiger partial charge in [-0.15, -0.1) is 11.3 Å². The number of carbonyl (C=O) groups excluding carboxylic acids is 3. The zero-order valence-electron chi connectivity index (χ0n) is 45.5. The summed E-state index contributed by atoms with van der Waals surface area (Å²) in [7, 11) is 0. The van der Waals surface area contributed by atoms with Crippen molar-refractivity contribution >= 4 is 69.0 Å². The number of benzene rings is 8. The predicted molar refractivity (Wildman–Crippen MR) is 332 cm³/mol. The van der Waals surface area contributed by atoms with Crippen LogP contribution >= 0.6 is 34.3 Å². The Morgan fingerprint density at radius 2 is 1.11 bits per heavy atom. The summed E-state index contributed by atoms with van der Waals surface area (Å²) >= 11 is 10.0. The molecule has 2 N–H and O–H groups in total. The molecule has 4 heterocycles. The maximum Gasteiger partial charge on any atom is 0.356 e. The van der Waals surface area contributed by atoms with E-state index in [0.717, 1.165) is 66.4 Å². The third-order valence-electron chi connectivity index (χ3n) is 15.4. The summed E-state index contributed by atoms with van der Waals surface area (Å²) < 4.78 is 6.62. The molecule has 1 fully saturated rings. The molecule has 0 radical (unpaired) electrons. The molecule has 0 bridgehead atoms. The van der Waals surface area contributed by atoms with E-state index in [1.165, 1.54) is 16.2 Å². The predicted octanol–water partition coefficient (Wildman–Crippen LogP) is 14.5. The van der Waals surface area contributed by atoms with E-state index in [1.807, 2.05) is 225 Å². The van der Waals surface area contributed by atoms with Gasteiger partial charge in [0.05, 0.1) is 17.2 Å². The fourth-order valence-electron chi connectivity index (χ4n) is 11.3. The van der Waals surface area contributed by atoms with Crippen LogP contribution in [0.5, 0.6) is 0 Å². The fourth-order valence-corrected chi connectivity index (χ4v) is 13.1. The molecule has 2 aromatic heterocycles. The molecule has 12 rings (SSSR count). The lowest BCUT2D eigenvalue weighted by Crippen LogP contribution is -2.72. The Balaban J connectivity index is 0.953. The van der Waals surface area contributed by atoms with Gasteiger partial charge in [-0.25, -0.2) is 14.8 Å². The van der Waals surface area contributed by atoms with Crippen molar-refractivity contribution in [3.05, 3.63) is 331 Å². The van der Waals surface area contributed by atoms with Gasteiger partial charge >= 0.3 is 5.97 Å². The van der Waals surface area contributed by atoms with Crippen LogP contribution in [0.2, 0.25) is 4.34 Å². The number of allylic oxidation sites excluding steroid dienone is 2. The van der Waals surface area contributed by atoms with Gasteiger partial charge in [0, 0.05) is 21.6 Å². The number of fused-ring (bicyclic) bond motifs is 1. The van der Waals surface area contributed by atoms with Gasteiger partial charge in [0.1, 0.15) is 27.3 Å². The van der Waals surface area contributed by atoms with E-state index in [-0.39, 0.29) is 21.4 Å². The van der Waals surface area contributed by atoms with Gasteiger partial charge in [0.25, 0.3) is 11.8 Å². The molecule has 0 spiro atoms. The highest BCUT2D eigenvalue weighted by Crippen LogP contribution is 2.45. The van der Waals surface area contributed by atoms with E-state index in [4.69, 9.17) is 31.3 Å². The van der Waals surface area contributed by atoms with Gasteiger partial charge in [-0.1, -0.05) is 277 Å². The monoisotopic (exact) mass is 1160 g/mol. The first-order valence-corrected chi connectivity index (χ1v) is 29.6. The van der Waals surface area contributed by atoms with Gasteiger partial charge in [-0.05, 0) is 59.2 Å². The average molecular weight is 1160 g/mol. The maximum atomic E-state index is 15.7. The number of anilines is 1. The summed E-state index contributed by atoms with van der Waals surface area (Å²) in [5.74, 6) is -1.96. The number of halogens is 1. The standard InChI is InChI=1S/C70H55ClN6O5S2/c1-47-58(83-46-72-47)45-43-48-42-44-57-59(66(79)77(57)62(48)67(80)81-63(49-26-10-2-11-27-49)50-28-12-3-13-29-50)73-65(78)61(76-82-70(54-36-20-7-21-37-54,55-38-22-8-23-39-55)56-40-24-9-25-41-56)60-64(71)84-68(74-60)75-69(51-30-14-4-15-31-51,52-32-16-5-17-33-52)53-34-18-6-19-35-53/h2-41,43,45-46,57,59,63H,42,44H2,1H3,(H,73,78)(H,74,75)/b45-43-,76-61-/t57-,59+/m1/s1. The first kappa shape index (κ1) is 55.0. The van der Waals surface area contributed by atoms with Crippen LogP contribution in [0.4, 0.5) is 5.13 Å². The van der Waals surface area contributed by atoms with Crippen molar-refractivity contribution in [2.24, 2.45) is 5.16 Å². The smallest absolute Gasteiger partial charge is 0.356 e. The highest BCUT2D eigenvalue weighted by molar-refractivity contribution is 7.20. The second-order valence-corrected chi connectivity index (χ2v) is 22.8. The molecule has 1 saturated heterocycles. The quantitative estimate of drug-likeness (QED) is 0.0269. The van der Waals surface area contributed by atoms with Crippen molar-refractivity contribution in [3.63, 3.8) is 0 Å². The fraction of sp³-hybridized carbons (Fsp3) is 0.114.